The highest BCUT2D eigenvalue weighted by Crippen LogP contribution is 2.43. The van der Waals surface area contributed by atoms with Gasteiger partial charge in [-0.05, 0) is 37.7 Å². The van der Waals surface area contributed by atoms with Crippen molar-refractivity contribution in [1.29, 1.82) is 0 Å². The Labute approximate surface area is 125 Å². The molecular weight excluding hydrogens is 264 g/mol. The smallest absolute Gasteiger partial charge is 0.307 e. The van der Waals surface area contributed by atoms with Crippen LogP contribution in [0.15, 0.2) is 30.3 Å². The first-order valence-corrected chi connectivity index (χ1v) is 7.60. The van der Waals surface area contributed by atoms with Crippen LogP contribution in [0.4, 0.5) is 0 Å². The van der Waals surface area contributed by atoms with Gasteiger partial charge in [0, 0.05) is 11.8 Å². The van der Waals surface area contributed by atoms with Crippen LogP contribution in [-0.4, -0.2) is 21.8 Å². The van der Waals surface area contributed by atoms with E-state index in [-0.39, 0.29) is 5.92 Å². The number of benzene rings is 1. The van der Waals surface area contributed by atoms with Gasteiger partial charge in [0.05, 0.1) is 5.92 Å². The SMILES string of the molecule is O=C(O)[C@@H]1CC[C@](O)(C#CC2CC2)C[C@H]1c1ccccc1. The number of rotatable bonds is 2. The zero-order valence-corrected chi connectivity index (χ0v) is 12.0. The number of aliphatic carboxylic acids is 1. The quantitative estimate of drug-likeness (QED) is 0.821. The van der Waals surface area contributed by atoms with Crippen LogP contribution in [0.25, 0.3) is 0 Å². The largest absolute Gasteiger partial charge is 0.481 e. The number of hydrogen-bond donors (Lipinski definition) is 2. The molecule has 2 saturated carbocycles. The molecule has 3 heteroatoms. The third kappa shape index (κ3) is 3.28. The summed E-state index contributed by atoms with van der Waals surface area (Å²) in [4.78, 5) is 11.5. The van der Waals surface area contributed by atoms with Crippen LogP contribution in [0.2, 0.25) is 0 Å². The molecule has 3 rings (SSSR count). The highest BCUT2D eigenvalue weighted by atomic mass is 16.4. The average Bonchev–Trinajstić information content (AvgIpc) is 3.30. The van der Waals surface area contributed by atoms with E-state index in [9.17, 15) is 15.0 Å². The average molecular weight is 284 g/mol. The van der Waals surface area contributed by atoms with Crippen molar-refractivity contribution in [2.45, 2.75) is 43.6 Å². The van der Waals surface area contributed by atoms with Crippen molar-refractivity contribution in [3.8, 4) is 11.8 Å². The molecule has 1 aromatic carbocycles. The number of aliphatic hydroxyl groups is 1. The van der Waals surface area contributed by atoms with Crippen LogP contribution >= 0.6 is 0 Å². The molecule has 1 aromatic rings. The van der Waals surface area contributed by atoms with Crippen molar-refractivity contribution < 1.29 is 15.0 Å². The molecule has 0 saturated heterocycles. The molecule has 2 fully saturated rings. The van der Waals surface area contributed by atoms with Crippen molar-refractivity contribution in [1.82, 2.24) is 0 Å². The van der Waals surface area contributed by atoms with E-state index >= 15 is 0 Å². The molecule has 0 spiro atoms. The molecule has 0 heterocycles. The number of carboxylic acids is 1. The summed E-state index contributed by atoms with van der Waals surface area (Å²) in [5.41, 5.74) is -0.0501. The van der Waals surface area contributed by atoms with Gasteiger partial charge in [-0.3, -0.25) is 4.79 Å². The maximum Gasteiger partial charge on any atom is 0.307 e. The number of carbonyl (C=O) groups is 1. The van der Waals surface area contributed by atoms with Crippen molar-refractivity contribution in [3.63, 3.8) is 0 Å². The molecule has 0 radical (unpaired) electrons. The maximum atomic E-state index is 11.5. The summed E-state index contributed by atoms with van der Waals surface area (Å²) in [5, 5.41) is 20.2. The summed E-state index contributed by atoms with van der Waals surface area (Å²) >= 11 is 0. The second kappa shape index (κ2) is 5.54. The summed E-state index contributed by atoms with van der Waals surface area (Å²) in [6.07, 6.45) is 3.59. The molecule has 110 valence electrons. The first kappa shape index (κ1) is 14.2. The topological polar surface area (TPSA) is 57.5 Å². The van der Waals surface area contributed by atoms with Crippen LogP contribution in [0, 0.1) is 23.7 Å². The van der Waals surface area contributed by atoms with Crippen molar-refractivity contribution in [2.24, 2.45) is 11.8 Å². The van der Waals surface area contributed by atoms with Crippen molar-refractivity contribution in [2.75, 3.05) is 0 Å². The molecule has 0 aliphatic heterocycles. The standard InChI is InChI=1S/C18H20O3/c19-17(20)15-9-11-18(21,10-8-13-6-7-13)12-16(15)14-4-2-1-3-5-14/h1-5,13,15-16,21H,6-7,9,11-12H2,(H,19,20)/t15-,16+,18-/m1/s1. The lowest BCUT2D eigenvalue weighted by atomic mass is 9.69. The molecule has 0 bridgehead atoms. The Balaban J connectivity index is 1.85. The highest BCUT2D eigenvalue weighted by molar-refractivity contribution is 5.71. The summed E-state index contributed by atoms with van der Waals surface area (Å²) < 4.78 is 0. The lowest BCUT2D eigenvalue weighted by Crippen LogP contribution is -2.39. The summed E-state index contributed by atoms with van der Waals surface area (Å²) in [7, 11) is 0. The van der Waals surface area contributed by atoms with E-state index in [0.717, 1.165) is 18.4 Å². The van der Waals surface area contributed by atoms with Gasteiger partial charge in [0.1, 0.15) is 5.60 Å². The normalized spacial score (nSPS) is 32.0. The van der Waals surface area contributed by atoms with Gasteiger partial charge in [-0.2, -0.15) is 0 Å². The predicted octanol–water partition coefficient (Wildman–Crippen LogP) is 2.80. The van der Waals surface area contributed by atoms with E-state index in [4.69, 9.17) is 0 Å². The van der Waals surface area contributed by atoms with Crippen LogP contribution in [-0.2, 0) is 4.79 Å². The van der Waals surface area contributed by atoms with Crippen LogP contribution in [0.1, 0.15) is 43.6 Å². The minimum atomic E-state index is -1.03. The molecule has 2 aliphatic rings. The molecule has 3 atom stereocenters. The van der Waals surface area contributed by atoms with Gasteiger partial charge < -0.3 is 10.2 Å². The molecule has 0 unspecified atom stereocenters. The zero-order chi connectivity index (χ0) is 14.9. The van der Waals surface area contributed by atoms with Crippen LogP contribution < -0.4 is 0 Å². The molecule has 3 nitrogen and oxygen atoms in total. The van der Waals surface area contributed by atoms with Gasteiger partial charge in [-0.1, -0.05) is 42.2 Å². The summed E-state index contributed by atoms with van der Waals surface area (Å²) in [6, 6.07) is 9.64. The van der Waals surface area contributed by atoms with E-state index < -0.39 is 17.5 Å². The fraction of sp³-hybridized carbons (Fsp3) is 0.500. The molecular formula is C18H20O3. The lowest BCUT2D eigenvalue weighted by Gasteiger charge is -2.37. The predicted molar refractivity (Wildman–Crippen MR) is 79.6 cm³/mol. The van der Waals surface area contributed by atoms with Gasteiger partial charge >= 0.3 is 5.97 Å². The number of carboxylic acid groups (broad SMARTS) is 1. The Morgan fingerprint density at radius 2 is 1.90 bits per heavy atom. The van der Waals surface area contributed by atoms with Gasteiger partial charge in [0.2, 0.25) is 0 Å². The van der Waals surface area contributed by atoms with E-state index in [1.54, 1.807) is 0 Å². The lowest BCUT2D eigenvalue weighted by molar-refractivity contribution is -0.145. The molecule has 0 aromatic heterocycles. The molecule has 2 N–H and O–H groups in total. The van der Waals surface area contributed by atoms with Crippen LogP contribution in [0.5, 0.6) is 0 Å². The second-order valence-corrected chi connectivity index (χ2v) is 6.28. The minimum Gasteiger partial charge on any atom is -0.481 e. The Morgan fingerprint density at radius 1 is 1.19 bits per heavy atom. The zero-order valence-electron chi connectivity index (χ0n) is 12.0. The minimum absolute atomic E-state index is 0.170. The van der Waals surface area contributed by atoms with E-state index in [2.05, 4.69) is 11.8 Å². The van der Waals surface area contributed by atoms with Crippen LogP contribution in [0.3, 0.4) is 0 Å². The fourth-order valence-corrected chi connectivity index (χ4v) is 3.13. The summed E-state index contributed by atoms with van der Waals surface area (Å²) in [6.45, 7) is 0. The Morgan fingerprint density at radius 3 is 2.52 bits per heavy atom. The third-order valence-corrected chi connectivity index (χ3v) is 4.54. The Kier molecular flexibility index (Phi) is 3.73. The van der Waals surface area contributed by atoms with Gasteiger partial charge in [-0.15, -0.1) is 0 Å². The third-order valence-electron chi connectivity index (χ3n) is 4.54. The van der Waals surface area contributed by atoms with Gasteiger partial charge in [0.15, 0.2) is 0 Å². The van der Waals surface area contributed by atoms with Gasteiger partial charge in [0.25, 0.3) is 0 Å². The maximum absolute atomic E-state index is 11.5. The van der Waals surface area contributed by atoms with Crippen molar-refractivity contribution >= 4 is 5.97 Å². The Bertz CT molecular complexity index is 579. The fourth-order valence-electron chi connectivity index (χ4n) is 3.13. The highest BCUT2D eigenvalue weighted by Gasteiger charge is 2.42. The summed E-state index contributed by atoms with van der Waals surface area (Å²) in [5.74, 6) is 5.23. The molecule has 21 heavy (non-hydrogen) atoms. The second-order valence-electron chi connectivity index (χ2n) is 6.28. The monoisotopic (exact) mass is 284 g/mol. The van der Waals surface area contributed by atoms with Gasteiger partial charge in [-0.25, -0.2) is 0 Å². The first-order valence-electron chi connectivity index (χ1n) is 7.60. The number of hydrogen-bond acceptors (Lipinski definition) is 2. The first-order chi connectivity index (χ1) is 10.1. The van der Waals surface area contributed by atoms with Crippen molar-refractivity contribution in [3.05, 3.63) is 35.9 Å². The van der Waals surface area contributed by atoms with E-state index in [0.29, 0.717) is 25.2 Å². The molecule has 0 amide bonds. The Hall–Kier alpha value is -1.79. The molecule has 2 aliphatic carbocycles. The van der Waals surface area contributed by atoms with E-state index in [1.165, 1.54) is 0 Å². The van der Waals surface area contributed by atoms with E-state index in [1.807, 2.05) is 30.3 Å².